The molecule has 0 aliphatic carbocycles. The summed E-state index contributed by atoms with van der Waals surface area (Å²) in [6.45, 7) is 2.58. The van der Waals surface area contributed by atoms with E-state index < -0.39 is 10.9 Å². The van der Waals surface area contributed by atoms with Crippen LogP contribution < -0.4 is 9.80 Å². The van der Waals surface area contributed by atoms with E-state index in [4.69, 9.17) is 5.11 Å². The average molecular weight is 328 g/mol. The van der Waals surface area contributed by atoms with Gasteiger partial charge < -0.3 is 14.9 Å². The summed E-state index contributed by atoms with van der Waals surface area (Å²) < 4.78 is 0. The van der Waals surface area contributed by atoms with Crippen LogP contribution in [-0.4, -0.2) is 47.2 Å². The first-order chi connectivity index (χ1) is 11.6. The van der Waals surface area contributed by atoms with Crippen LogP contribution in [0.15, 0.2) is 42.6 Å². The average Bonchev–Trinajstić information content (AvgIpc) is 2.62. The minimum Gasteiger partial charge on any atom is -0.478 e. The summed E-state index contributed by atoms with van der Waals surface area (Å²) in [6, 6.07) is 9.73. The van der Waals surface area contributed by atoms with Crippen molar-refractivity contribution in [3.8, 4) is 0 Å². The Kier molecular flexibility index (Phi) is 4.28. The molecule has 124 valence electrons. The molecule has 0 amide bonds. The van der Waals surface area contributed by atoms with Crippen LogP contribution in [0.25, 0.3) is 0 Å². The van der Waals surface area contributed by atoms with Crippen molar-refractivity contribution in [3.63, 3.8) is 0 Å². The van der Waals surface area contributed by atoms with E-state index in [1.807, 2.05) is 23.1 Å². The number of aromatic carboxylic acids is 1. The highest BCUT2D eigenvalue weighted by Gasteiger charge is 2.25. The van der Waals surface area contributed by atoms with Gasteiger partial charge in [0.2, 0.25) is 0 Å². The minimum absolute atomic E-state index is 0.0856. The molecular formula is C16H16N4O4. The molecule has 1 aliphatic heterocycles. The summed E-state index contributed by atoms with van der Waals surface area (Å²) >= 11 is 0. The lowest BCUT2D eigenvalue weighted by Crippen LogP contribution is -2.47. The van der Waals surface area contributed by atoms with Crippen LogP contribution in [-0.2, 0) is 0 Å². The van der Waals surface area contributed by atoms with Gasteiger partial charge in [0.05, 0.1) is 10.5 Å². The SMILES string of the molecule is O=C(O)c1ccc(N2CCN(c3ccccn3)CC2)c([N+](=O)[O-])c1. The molecule has 0 spiro atoms. The van der Waals surface area contributed by atoms with Crippen molar-refractivity contribution in [2.75, 3.05) is 36.0 Å². The zero-order chi connectivity index (χ0) is 17.1. The van der Waals surface area contributed by atoms with Crippen molar-refractivity contribution in [1.82, 2.24) is 4.98 Å². The summed E-state index contributed by atoms with van der Waals surface area (Å²) in [7, 11) is 0. The first kappa shape index (κ1) is 15.7. The number of hydrogen-bond donors (Lipinski definition) is 1. The molecule has 3 rings (SSSR count). The number of pyridine rings is 1. The normalized spacial score (nSPS) is 14.5. The molecule has 0 radical (unpaired) electrons. The lowest BCUT2D eigenvalue weighted by Gasteiger charge is -2.36. The van der Waals surface area contributed by atoms with Crippen molar-refractivity contribution >= 4 is 23.2 Å². The molecule has 1 N–H and O–H groups in total. The number of carbonyl (C=O) groups is 1. The Hall–Kier alpha value is -3.16. The molecule has 1 fully saturated rings. The van der Waals surface area contributed by atoms with E-state index in [0.717, 1.165) is 11.9 Å². The molecular weight excluding hydrogens is 312 g/mol. The second kappa shape index (κ2) is 6.53. The molecule has 0 atom stereocenters. The van der Waals surface area contributed by atoms with E-state index in [-0.39, 0.29) is 11.3 Å². The van der Waals surface area contributed by atoms with Gasteiger partial charge >= 0.3 is 5.97 Å². The van der Waals surface area contributed by atoms with Crippen LogP contribution in [0.5, 0.6) is 0 Å². The number of piperazine rings is 1. The van der Waals surface area contributed by atoms with Crippen LogP contribution in [0.2, 0.25) is 0 Å². The van der Waals surface area contributed by atoms with Gasteiger partial charge in [0.25, 0.3) is 5.69 Å². The molecule has 0 bridgehead atoms. The Morgan fingerprint density at radius 2 is 1.83 bits per heavy atom. The third-order valence-electron chi connectivity index (χ3n) is 4.01. The van der Waals surface area contributed by atoms with E-state index in [1.165, 1.54) is 12.1 Å². The Balaban J connectivity index is 1.79. The van der Waals surface area contributed by atoms with Crippen molar-refractivity contribution in [2.45, 2.75) is 0 Å². The van der Waals surface area contributed by atoms with Crippen LogP contribution in [0, 0.1) is 10.1 Å². The summed E-state index contributed by atoms with van der Waals surface area (Å²) in [5.41, 5.74) is 0.185. The van der Waals surface area contributed by atoms with E-state index >= 15 is 0 Å². The Morgan fingerprint density at radius 1 is 1.12 bits per heavy atom. The quantitative estimate of drug-likeness (QED) is 0.677. The molecule has 2 heterocycles. The first-order valence-corrected chi connectivity index (χ1v) is 7.49. The van der Waals surface area contributed by atoms with Gasteiger partial charge in [0.15, 0.2) is 0 Å². The molecule has 0 unspecified atom stereocenters. The van der Waals surface area contributed by atoms with Crippen LogP contribution in [0.3, 0.4) is 0 Å². The monoisotopic (exact) mass is 328 g/mol. The summed E-state index contributed by atoms with van der Waals surface area (Å²) in [6.07, 6.45) is 1.73. The topological polar surface area (TPSA) is 99.8 Å². The van der Waals surface area contributed by atoms with Gasteiger partial charge in [-0.05, 0) is 24.3 Å². The predicted molar refractivity (Wildman–Crippen MR) is 88.7 cm³/mol. The number of nitro benzene ring substituents is 1. The fourth-order valence-corrected chi connectivity index (χ4v) is 2.79. The zero-order valence-corrected chi connectivity index (χ0v) is 12.8. The number of rotatable bonds is 4. The third-order valence-corrected chi connectivity index (χ3v) is 4.01. The number of hydrogen-bond acceptors (Lipinski definition) is 6. The Bertz CT molecular complexity index is 758. The van der Waals surface area contributed by atoms with Crippen LogP contribution >= 0.6 is 0 Å². The van der Waals surface area contributed by atoms with Crippen molar-refractivity contribution < 1.29 is 14.8 Å². The molecule has 8 heteroatoms. The fraction of sp³-hybridized carbons (Fsp3) is 0.250. The number of aromatic nitrogens is 1. The summed E-state index contributed by atoms with van der Waals surface area (Å²) in [5.74, 6) is -0.294. The maximum absolute atomic E-state index is 11.3. The number of benzene rings is 1. The minimum atomic E-state index is -1.18. The largest absolute Gasteiger partial charge is 0.478 e. The molecule has 1 aliphatic rings. The van der Waals surface area contributed by atoms with Crippen molar-refractivity contribution in [1.29, 1.82) is 0 Å². The third kappa shape index (κ3) is 3.12. The lowest BCUT2D eigenvalue weighted by atomic mass is 10.1. The predicted octanol–water partition coefficient (Wildman–Crippen LogP) is 2.01. The van der Waals surface area contributed by atoms with Gasteiger partial charge in [0.1, 0.15) is 11.5 Å². The maximum Gasteiger partial charge on any atom is 0.335 e. The van der Waals surface area contributed by atoms with Gasteiger partial charge in [-0.15, -0.1) is 0 Å². The molecule has 1 aromatic carbocycles. The number of anilines is 2. The number of carboxylic acid groups (broad SMARTS) is 1. The van der Waals surface area contributed by atoms with Crippen LogP contribution in [0.4, 0.5) is 17.2 Å². The molecule has 8 nitrogen and oxygen atoms in total. The molecule has 1 saturated heterocycles. The molecule has 2 aromatic rings. The molecule has 0 saturated carbocycles. The number of carboxylic acids is 1. The molecule has 24 heavy (non-hydrogen) atoms. The summed E-state index contributed by atoms with van der Waals surface area (Å²) in [4.78, 5) is 30.1. The Labute approximate surface area is 138 Å². The van der Waals surface area contributed by atoms with Crippen molar-refractivity contribution in [2.24, 2.45) is 0 Å². The van der Waals surface area contributed by atoms with Gasteiger partial charge in [-0.1, -0.05) is 6.07 Å². The van der Waals surface area contributed by atoms with E-state index in [9.17, 15) is 14.9 Å². The van der Waals surface area contributed by atoms with Gasteiger partial charge in [0, 0.05) is 38.4 Å². The summed E-state index contributed by atoms with van der Waals surface area (Å²) in [5, 5.41) is 20.3. The van der Waals surface area contributed by atoms with Gasteiger partial charge in [-0.2, -0.15) is 0 Å². The smallest absolute Gasteiger partial charge is 0.335 e. The second-order valence-electron chi connectivity index (χ2n) is 5.43. The zero-order valence-electron chi connectivity index (χ0n) is 12.8. The highest BCUT2D eigenvalue weighted by molar-refractivity contribution is 5.89. The van der Waals surface area contributed by atoms with Crippen LogP contribution in [0.1, 0.15) is 10.4 Å². The van der Waals surface area contributed by atoms with Crippen molar-refractivity contribution in [3.05, 3.63) is 58.3 Å². The highest BCUT2D eigenvalue weighted by Crippen LogP contribution is 2.30. The molecule has 1 aromatic heterocycles. The van der Waals surface area contributed by atoms with Gasteiger partial charge in [-0.3, -0.25) is 10.1 Å². The van der Waals surface area contributed by atoms with E-state index in [2.05, 4.69) is 9.88 Å². The maximum atomic E-state index is 11.3. The standard InChI is InChI=1S/C16H16N4O4/c21-16(22)12-4-5-13(14(11-12)20(23)24)18-7-9-19(10-8-18)15-3-1-2-6-17-15/h1-6,11H,7-10H2,(H,21,22). The lowest BCUT2D eigenvalue weighted by molar-refractivity contribution is -0.384. The fourth-order valence-electron chi connectivity index (χ4n) is 2.79. The van der Waals surface area contributed by atoms with E-state index in [1.54, 1.807) is 6.20 Å². The second-order valence-corrected chi connectivity index (χ2v) is 5.43. The Morgan fingerprint density at radius 3 is 2.42 bits per heavy atom. The van der Waals surface area contributed by atoms with E-state index in [0.29, 0.717) is 31.9 Å². The number of nitrogens with zero attached hydrogens (tertiary/aromatic N) is 4. The van der Waals surface area contributed by atoms with Gasteiger partial charge in [-0.25, -0.2) is 9.78 Å². The first-order valence-electron chi connectivity index (χ1n) is 7.49. The highest BCUT2D eigenvalue weighted by atomic mass is 16.6. The number of nitro groups is 1.